The summed E-state index contributed by atoms with van der Waals surface area (Å²) in [5.74, 6) is 3.58. The molecule has 2 atom stereocenters. The monoisotopic (exact) mass is 863 g/mol. The van der Waals surface area contributed by atoms with Crippen molar-refractivity contribution in [1.82, 2.24) is 34.9 Å². The molecule has 0 radical (unpaired) electrons. The number of anilines is 1. The van der Waals surface area contributed by atoms with Crippen LogP contribution in [0.5, 0.6) is 0 Å². The van der Waals surface area contributed by atoms with Crippen molar-refractivity contribution in [3.05, 3.63) is 89.2 Å². The lowest BCUT2D eigenvalue weighted by Gasteiger charge is -2.54. The summed E-state index contributed by atoms with van der Waals surface area (Å²) in [7, 11) is 7.04. The zero-order chi connectivity index (χ0) is 44.4. The minimum absolute atomic E-state index is 0.0000895. The number of rotatable bonds is 9. The van der Waals surface area contributed by atoms with Crippen LogP contribution < -0.4 is 10.2 Å². The molecular weight excluding hydrogens is 797 g/mol. The van der Waals surface area contributed by atoms with Gasteiger partial charge in [-0.05, 0) is 149 Å². The molecule has 6 bridgehead atoms. The van der Waals surface area contributed by atoms with Crippen molar-refractivity contribution in [3.8, 4) is 0 Å². The largest absolute Gasteiger partial charge is 0.393 e. The maximum Gasteiger partial charge on any atom is 0.326 e. The van der Waals surface area contributed by atoms with Gasteiger partial charge in [0.15, 0.2) is 0 Å². The Hall–Kier alpha value is -5.08. The van der Waals surface area contributed by atoms with Crippen LogP contribution in [-0.4, -0.2) is 128 Å². The van der Waals surface area contributed by atoms with Gasteiger partial charge in [0.2, 0.25) is 5.95 Å². The summed E-state index contributed by atoms with van der Waals surface area (Å²) >= 11 is 0. The molecule has 7 fully saturated rings. The van der Waals surface area contributed by atoms with Gasteiger partial charge in [0.25, 0.3) is 11.8 Å². The van der Waals surface area contributed by atoms with Gasteiger partial charge in [0, 0.05) is 89.0 Å². The van der Waals surface area contributed by atoms with Crippen molar-refractivity contribution in [1.29, 1.82) is 0 Å². The zero-order valence-electron chi connectivity index (χ0n) is 37.4. The molecule has 2 aliphatic heterocycles. The summed E-state index contributed by atoms with van der Waals surface area (Å²) < 4.78 is 0. The molecule has 14 nitrogen and oxygen atoms in total. The van der Waals surface area contributed by atoms with Crippen LogP contribution in [0.2, 0.25) is 0 Å². The summed E-state index contributed by atoms with van der Waals surface area (Å²) in [5, 5.41) is 23.1. The van der Waals surface area contributed by atoms with E-state index in [4.69, 9.17) is 0 Å². The Kier molecular flexibility index (Phi) is 13.7. The number of benzene rings is 2. The van der Waals surface area contributed by atoms with Crippen molar-refractivity contribution in [2.24, 2.45) is 23.7 Å². The SMILES string of the molecule is CN(Cc1ccc(C(=O)N2C3CCC2CC(O)C3)cc1)C(=O)N(C)c1ncccn1.CN(Cc1ccc(C(=O)NC2C3CC4CC(C3)CC2C4)cc1)C(=O)N(C)C1CCC(O)CC1. The van der Waals surface area contributed by atoms with Gasteiger partial charge in [0.1, 0.15) is 0 Å². The minimum Gasteiger partial charge on any atom is -0.393 e. The Labute approximate surface area is 372 Å². The number of aliphatic hydroxyl groups is 2. The molecule has 5 aliphatic carbocycles. The average molecular weight is 863 g/mol. The van der Waals surface area contributed by atoms with E-state index in [-0.39, 0.29) is 54.2 Å². The van der Waals surface area contributed by atoms with Crippen molar-refractivity contribution in [2.75, 3.05) is 33.1 Å². The highest BCUT2D eigenvalue weighted by atomic mass is 16.3. The minimum atomic E-state index is -0.290. The Morgan fingerprint density at radius 2 is 1.14 bits per heavy atom. The van der Waals surface area contributed by atoms with Gasteiger partial charge in [-0.1, -0.05) is 24.3 Å². The third-order valence-electron chi connectivity index (χ3n) is 15.0. The first kappa shape index (κ1) is 44.5. The molecule has 14 heteroatoms. The Balaban J connectivity index is 0.000000174. The number of carbonyl (C=O) groups is 4. The fourth-order valence-corrected chi connectivity index (χ4v) is 11.9. The van der Waals surface area contributed by atoms with Crippen LogP contribution in [0, 0.1) is 23.7 Å². The van der Waals surface area contributed by atoms with E-state index in [1.165, 1.54) is 37.0 Å². The maximum absolute atomic E-state index is 13.0. The molecule has 10 rings (SSSR count). The van der Waals surface area contributed by atoms with E-state index in [1.807, 2.05) is 72.4 Å². The predicted octanol–water partition coefficient (Wildman–Crippen LogP) is 6.32. The second-order valence-electron chi connectivity index (χ2n) is 19.5. The first-order chi connectivity index (χ1) is 30.3. The van der Waals surface area contributed by atoms with Gasteiger partial charge >= 0.3 is 12.1 Å². The summed E-state index contributed by atoms with van der Waals surface area (Å²) in [4.78, 5) is 68.2. The molecule has 5 saturated carbocycles. The molecule has 2 unspecified atom stereocenters. The number of piperidine rings is 1. The van der Waals surface area contributed by atoms with Crippen LogP contribution in [0.1, 0.15) is 115 Å². The second-order valence-corrected chi connectivity index (χ2v) is 19.5. The van der Waals surface area contributed by atoms with E-state index in [0.29, 0.717) is 60.9 Å². The van der Waals surface area contributed by atoms with Crippen LogP contribution in [0.25, 0.3) is 0 Å². The Morgan fingerprint density at radius 3 is 1.68 bits per heavy atom. The van der Waals surface area contributed by atoms with E-state index < -0.39 is 0 Å². The standard InChI is InChI=1S/C27H39N3O3.C22H27N5O3/c1-29(27(33)30(2)23-7-9-24(31)10-8-23)16-17-3-5-20(6-4-17)26(32)28-25-21-12-18-11-19(14-21)15-22(25)13-18;1-25(22(30)26(2)21-23-10-3-11-24-21)14-15-4-6-16(7-5-15)20(29)27-17-8-9-18(27)13-19(28)12-17/h3-6,18-19,21-25,31H,7-16H2,1-2H3,(H,28,32);3-7,10-11,17-19,28H,8-9,12-14H2,1-2H3. The molecule has 0 spiro atoms. The highest BCUT2D eigenvalue weighted by Gasteiger charge is 2.49. The molecule has 3 aromatic rings. The molecule has 7 aliphatic rings. The maximum atomic E-state index is 13.0. The highest BCUT2D eigenvalue weighted by molar-refractivity contribution is 5.95. The quantitative estimate of drug-likeness (QED) is 0.225. The molecule has 6 amide bonds. The van der Waals surface area contributed by atoms with Crippen molar-refractivity contribution < 1.29 is 29.4 Å². The van der Waals surface area contributed by atoms with Crippen molar-refractivity contribution in [3.63, 3.8) is 0 Å². The fourth-order valence-electron chi connectivity index (χ4n) is 11.9. The van der Waals surface area contributed by atoms with Crippen molar-refractivity contribution >= 4 is 29.8 Å². The molecule has 2 saturated heterocycles. The third-order valence-corrected chi connectivity index (χ3v) is 15.0. The topological polar surface area (TPSA) is 163 Å². The number of aliphatic hydroxyl groups excluding tert-OH is 2. The molecule has 338 valence electrons. The first-order valence-electron chi connectivity index (χ1n) is 23.2. The molecule has 1 aromatic heterocycles. The lowest BCUT2D eigenvalue weighted by Crippen LogP contribution is -2.55. The van der Waals surface area contributed by atoms with Crippen LogP contribution in [0.3, 0.4) is 0 Å². The van der Waals surface area contributed by atoms with Gasteiger partial charge in [0.05, 0.1) is 12.2 Å². The van der Waals surface area contributed by atoms with E-state index >= 15 is 0 Å². The molecule has 63 heavy (non-hydrogen) atoms. The zero-order valence-corrected chi connectivity index (χ0v) is 37.4. The number of hydrogen-bond acceptors (Lipinski definition) is 8. The summed E-state index contributed by atoms with van der Waals surface area (Å²) in [6, 6.07) is 17.5. The van der Waals surface area contributed by atoms with Gasteiger partial charge in [-0.25, -0.2) is 19.6 Å². The Bertz CT molecular complexity index is 2020. The van der Waals surface area contributed by atoms with E-state index in [2.05, 4.69) is 15.3 Å². The van der Waals surface area contributed by atoms with Gasteiger partial charge < -0.3 is 35.1 Å². The number of amides is 6. The number of fused-ring (bicyclic) bond motifs is 2. The predicted molar refractivity (Wildman–Crippen MR) is 240 cm³/mol. The van der Waals surface area contributed by atoms with Crippen LogP contribution in [-0.2, 0) is 13.1 Å². The number of urea groups is 2. The van der Waals surface area contributed by atoms with Crippen LogP contribution in [0.4, 0.5) is 15.5 Å². The number of nitrogens with zero attached hydrogens (tertiary/aromatic N) is 7. The van der Waals surface area contributed by atoms with E-state index in [9.17, 15) is 29.4 Å². The molecule has 2 aromatic carbocycles. The summed E-state index contributed by atoms with van der Waals surface area (Å²) in [6.45, 7) is 0.918. The normalized spacial score (nSPS) is 29.0. The van der Waals surface area contributed by atoms with Crippen molar-refractivity contribution in [2.45, 2.75) is 133 Å². The summed E-state index contributed by atoms with van der Waals surface area (Å²) in [6.07, 6.45) is 15.8. The summed E-state index contributed by atoms with van der Waals surface area (Å²) in [5.41, 5.74) is 3.31. The van der Waals surface area contributed by atoms with Gasteiger partial charge in [-0.3, -0.25) is 14.5 Å². The smallest absolute Gasteiger partial charge is 0.326 e. The molecule has 3 N–H and O–H groups in total. The Morgan fingerprint density at radius 1 is 0.635 bits per heavy atom. The lowest BCUT2D eigenvalue weighted by atomic mass is 9.54. The molecule has 3 heterocycles. The van der Waals surface area contributed by atoms with E-state index in [0.717, 1.165) is 61.5 Å². The van der Waals surface area contributed by atoms with Gasteiger partial charge in [-0.2, -0.15) is 0 Å². The second kappa shape index (κ2) is 19.3. The number of nitrogens with one attached hydrogen (secondary N) is 1. The number of hydrogen-bond donors (Lipinski definition) is 3. The first-order valence-corrected chi connectivity index (χ1v) is 23.2. The number of aromatic nitrogens is 2. The highest BCUT2D eigenvalue weighted by Crippen LogP contribution is 2.53. The lowest BCUT2D eigenvalue weighted by molar-refractivity contribution is -0.0119. The average Bonchev–Trinajstić information content (AvgIpc) is 3.57. The third kappa shape index (κ3) is 10.2. The number of carbonyl (C=O) groups excluding carboxylic acids is 4. The van der Waals surface area contributed by atoms with Crippen LogP contribution in [0.15, 0.2) is 67.0 Å². The fraction of sp³-hybridized carbons (Fsp3) is 0.592. The van der Waals surface area contributed by atoms with E-state index in [1.54, 1.807) is 42.4 Å². The molecular formula is C49H66N8O6. The van der Waals surface area contributed by atoms with Gasteiger partial charge in [-0.15, -0.1) is 0 Å². The van der Waals surface area contributed by atoms with Crippen LogP contribution >= 0.6 is 0 Å².